The van der Waals surface area contributed by atoms with E-state index in [-0.39, 0.29) is 6.29 Å². The van der Waals surface area contributed by atoms with Crippen LogP contribution in [0.5, 0.6) is 11.5 Å². The third-order valence-electron chi connectivity index (χ3n) is 2.43. The quantitative estimate of drug-likeness (QED) is 0.715. The van der Waals surface area contributed by atoms with Gasteiger partial charge in [0, 0.05) is 0 Å². The SMILES string of the molecule is [CH2]CCCCOC1COc2ccccc2O1. The van der Waals surface area contributed by atoms with Crippen molar-refractivity contribution in [1.82, 2.24) is 0 Å². The average molecular weight is 221 g/mol. The lowest BCUT2D eigenvalue weighted by Gasteiger charge is -2.26. The average Bonchev–Trinajstić information content (AvgIpc) is 2.34. The molecule has 1 aliphatic rings. The Balaban J connectivity index is 1.79. The van der Waals surface area contributed by atoms with Crippen molar-refractivity contribution < 1.29 is 14.2 Å². The van der Waals surface area contributed by atoms with Crippen LogP contribution in [0, 0.1) is 6.92 Å². The molecule has 0 spiro atoms. The van der Waals surface area contributed by atoms with Gasteiger partial charge in [0.2, 0.25) is 6.29 Å². The summed E-state index contributed by atoms with van der Waals surface area (Å²) < 4.78 is 16.7. The molecule has 0 aliphatic carbocycles. The number of fused-ring (bicyclic) bond motifs is 1. The van der Waals surface area contributed by atoms with Crippen molar-refractivity contribution in [3.05, 3.63) is 31.2 Å². The smallest absolute Gasteiger partial charge is 0.234 e. The number of unbranched alkanes of at least 4 members (excludes halogenated alkanes) is 2. The van der Waals surface area contributed by atoms with E-state index >= 15 is 0 Å². The summed E-state index contributed by atoms with van der Waals surface area (Å²) in [5.74, 6) is 1.55. The molecular formula is C13H17O3. The van der Waals surface area contributed by atoms with Gasteiger partial charge in [-0.25, -0.2) is 0 Å². The van der Waals surface area contributed by atoms with Crippen LogP contribution in [-0.4, -0.2) is 19.5 Å². The van der Waals surface area contributed by atoms with Crippen LogP contribution in [0.1, 0.15) is 19.3 Å². The van der Waals surface area contributed by atoms with Crippen LogP contribution >= 0.6 is 0 Å². The maximum Gasteiger partial charge on any atom is 0.234 e. The summed E-state index contributed by atoms with van der Waals surface area (Å²) in [6.07, 6.45) is 2.78. The number of hydrogen-bond donors (Lipinski definition) is 0. The Kier molecular flexibility index (Phi) is 4.05. The molecule has 0 saturated heterocycles. The van der Waals surface area contributed by atoms with Crippen molar-refractivity contribution in [3.8, 4) is 11.5 Å². The van der Waals surface area contributed by atoms with E-state index in [4.69, 9.17) is 14.2 Å². The van der Waals surface area contributed by atoms with Crippen molar-refractivity contribution in [2.24, 2.45) is 0 Å². The van der Waals surface area contributed by atoms with Crippen molar-refractivity contribution in [2.75, 3.05) is 13.2 Å². The highest BCUT2D eigenvalue weighted by molar-refractivity contribution is 5.40. The van der Waals surface area contributed by atoms with E-state index in [1.54, 1.807) is 0 Å². The zero-order chi connectivity index (χ0) is 11.2. The molecule has 1 aromatic rings. The number of rotatable bonds is 5. The van der Waals surface area contributed by atoms with E-state index < -0.39 is 0 Å². The molecule has 0 bridgehead atoms. The van der Waals surface area contributed by atoms with Crippen LogP contribution in [0.4, 0.5) is 0 Å². The molecule has 1 atom stereocenters. The Morgan fingerprint density at radius 2 is 2.06 bits per heavy atom. The van der Waals surface area contributed by atoms with Crippen molar-refractivity contribution in [3.63, 3.8) is 0 Å². The second-order valence-corrected chi connectivity index (χ2v) is 3.74. The Hall–Kier alpha value is -1.22. The number of hydrogen-bond acceptors (Lipinski definition) is 3. The first-order chi connectivity index (χ1) is 7.90. The predicted octanol–water partition coefficient (Wildman–Crippen LogP) is 2.80. The maximum atomic E-state index is 5.65. The molecule has 1 aromatic carbocycles. The van der Waals surface area contributed by atoms with Crippen molar-refractivity contribution in [1.29, 1.82) is 0 Å². The van der Waals surface area contributed by atoms with E-state index in [1.807, 2.05) is 24.3 Å². The summed E-state index contributed by atoms with van der Waals surface area (Å²) in [6, 6.07) is 7.64. The second kappa shape index (κ2) is 5.75. The first kappa shape index (κ1) is 11.3. The van der Waals surface area contributed by atoms with Gasteiger partial charge in [0.25, 0.3) is 0 Å². The molecule has 3 heteroatoms. The molecule has 1 heterocycles. The van der Waals surface area contributed by atoms with E-state index in [0.717, 1.165) is 30.8 Å². The first-order valence-corrected chi connectivity index (χ1v) is 5.69. The molecule has 3 nitrogen and oxygen atoms in total. The summed E-state index contributed by atoms with van der Waals surface area (Å²) in [6.45, 7) is 4.95. The van der Waals surface area contributed by atoms with Crippen LogP contribution < -0.4 is 9.47 Å². The normalized spacial score (nSPS) is 18.4. The van der Waals surface area contributed by atoms with Gasteiger partial charge in [-0.15, -0.1) is 0 Å². The molecule has 87 valence electrons. The second-order valence-electron chi connectivity index (χ2n) is 3.74. The van der Waals surface area contributed by atoms with Gasteiger partial charge in [-0.3, -0.25) is 0 Å². The standard InChI is InChI=1S/C13H17O3/c1-2-3-6-9-14-13-10-15-11-7-4-5-8-12(11)16-13/h4-5,7-8,13H,1-3,6,9-10H2. The fourth-order valence-electron chi connectivity index (χ4n) is 1.58. The third kappa shape index (κ3) is 2.89. The highest BCUT2D eigenvalue weighted by Crippen LogP contribution is 2.31. The molecule has 1 aliphatic heterocycles. The van der Waals surface area contributed by atoms with Gasteiger partial charge in [-0.05, 0) is 18.6 Å². The van der Waals surface area contributed by atoms with Gasteiger partial charge in [0.15, 0.2) is 18.1 Å². The van der Waals surface area contributed by atoms with Crippen molar-refractivity contribution >= 4 is 0 Å². The van der Waals surface area contributed by atoms with Crippen LogP contribution in [0.2, 0.25) is 0 Å². The van der Waals surface area contributed by atoms with Crippen LogP contribution in [0.3, 0.4) is 0 Å². The Morgan fingerprint density at radius 1 is 1.25 bits per heavy atom. The lowest BCUT2D eigenvalue weighted by Crippen LogP contribution is -2.31. The lowest BCUT2D eigenvalue weighted by molar-refractivity contribution is -0.116. The first-order valence-electron chi connectivity index (χ1n) is 5.69. The van der Waals surface area contributed by atoms with E-state index in [2.05, 4.69) is 6.92 Å². The predicted molar refractivity (Wildman–Crippen MR) is 61.5 cm³/mol. The van der Waals surface area contributed by atoms with Crippen LogP contribution in [0.25, 0.3) is 0 Å². The Bertz CT molecular complexity index is 325. The summed E-state index contributed by atoms with van der Waals surface area (Å²) >= 11 is 0. The molecule has 0 saturated carbocycles. The minimum Gasteiger partial charge on any atom is -0.483 e. The Morgan fingerprint density at radius 3 is 2.88 bits per heavy atom. The highest BCUT2D eigenvalue weighted by Gasteiger charge is 2.20. The van der Waals surface area contributed by atoms with E-state index in [9.17, 15) is 0 Å². The highest BCUT2D eigenvalue weighted by atomic mass is 16.7. The Labute approximate surface area is 96.3 Å². The van der Waals surface area contributed by atoms with Gasteiger partial charge < -0.3 is 14.2 Å². The fourth-order valence-corrected chi connectivity index (χ4v) is 1.58. The van der Waals surface area contributed by atoms with Crippen molar-refractivity contribution in [2.45, 2.75) is 25.6 Å². The zero-order valence-electron chi connectivity index (χ0n) is 9.35. The van der Waals surface area contributed by atoms with Gasteiger partial charge >= 0.3 is 0 Å². The van der Waals surface area contributed by atoms with E-state index in [0.29, 0.717) is 13.2 Å². The zero-order valence-corrected chi connectivity index (χ0v) is 9.35. The van der Waals surface area contributed by atoms with Crippen LogP contribution in [0.15, 0.2) is 24.3 Å². The monoisotopic (exact) mass is 221 g/mol. The van der Waals surface area contributed by atoms with Gasteiger partial charge in [-0.2, -0.15) is 0 Å². The fraction of sp³-hybridized carbons (Fsp3) is 0.462. The number of ether oxygens (including phenoxy) is 3. The molecule has 16 heavy (non-hydrogen) atoms. The van der Waals surface area contributed by atoms with Gasteiger partial charge in [0.1, 0.15) is 0 Å². The third-order valence-corrected chi connectivity index (χ3v) is 2.43. The molecule has 0 aromatic heterocycles. The van der Waals surface area contributed by atoms with Gasteiger partial charge in [0.05, 0.1) is 6.61 Å². The number of para-hydroxylation sites is 2. The van der Waals surface area contributed by atoms with Gasteiger partial charge in [-0.1, -0.05) is 31.9 Å². The molecule has 0 N–H and O–H groups in total. The molecule has 1 radical (unpaired) electrons. The maximum absolute atomic E-state index is 5.65. The summed E-state index contributed by atoms with van der Waals surface area (Å²) in [4.78, 5) is 0. The minimum atomic E-state index is -0.278. The van der Waals surface area contributed by atoms with E-state index in [1.165, 1.54) is 0 Å². The molecule has 0 amide bonds. The lowest BCUT2D eigenvalue weighted by atomic mass is 10.3. The summed E-state index contributed by atoms with van der Waals surface area (Å²) in [5, 5.41) is 0. The topological polar surface area (TPSA) is 27.7 Å². The summed E-state index contributed by atoms with van der Waals surface area (Å²) in [7, 11) is 0. The largest absolute Gasteiger partial charge is 0.483 e. The molecule has 2 rings (SSSR count). The number of benzene rings is 1. The molecular weight excluding hydrogens is 204 g/mol. The molecule has 1 unspecified atom stereocenters. The van der Waals surface area contributed by atoms with Crippen LogP contribution in [-0.2, 0) is 4.74 Å². The molecule has 0 fully saturated rings. The minimum absolute atomic E-state index is 0.278. The summed E-state index contributed by atoms with van der Waals surface area (Å²) in [5.41, 5.74) is 0.